The lowest BCUT2D eigenvalue weighted by atomic mass is 9.96. The zero-order chi connectivity index (χ0) is 18.8. The number of amides is 2. The number of likely N-dealkylation sites (tertiary alicyclic amines) is 1. The molecule has 2 heterocycles. The third-order valence-electron chi connectivity index (χ3n) is 5.09. The number of hydrogen-bond acceptors (Lipinski definition) is 3. The summed E-state index contributed by atoms with van der Waals surface area (Å²) in [5, 5.41) is 5.26. The van der Waals surface area contributed by atoms with E-state index in [2.05, 4.69) is 5.10 Å². The quantitative estimate of drug-likeness (QED) is 0.892. The van der Waals surface area contributed by atoms with Crippen LogP contribution < -0.4 is 5.73 Å². The predicted octanol–water partition coefficient (Wildman–Crippen LogP) is 2.41. The van der Waals surface area contributed by atoms with Crippen LogP contribution in [0, 0.1) is 19.8 Å². The summed E-state index contributed by atoms with van der Waals surface area (Å²) in [7, 11) is 0. The van der Waals surface area contributed by atoms with Gasteiger partial charge in [0.15, 0.2) is 0 Å². The molecule has 0 unspecified atom stereocenters. The molecule has 0 atom stereocenters. The lowest BCUT2D eigenvalue weighted by Crippen LogP contribution is -2.42. The minimum Gasteiger partial charge on any atom is -0.369 e. The van der Waals surface area contributed by atoms with E-state index < -0.39 is 0 Å². The highest BCUT2D eigenvalue weighted by atomic mass is 35.5. The van der Waals surface area contributed by atoms with Crippen LogP contribution in [0.5, 0.6) is 0 Å². The van der Waals surface area contributed by atoms with Crippen molar-refractivity contribution >= 4 is 23.4 Å². The number of nitrogens with zero attached hydrogens (tertiary/aromatic N) is 3. The van der Waals surface area contributed by atoms with Gasteiger partial charge in [0.1, 0.15) is 0 Å². The summed E-state index contributed by atoms with van der Waals surface area (Å²) < 4.78 is 1.84. The third-order valence-corrected chi connectivity index (χ3v) is 5.34. The predicted molar refractivity (Wildman–Crippen MR) is 100 cm³/mol. The first-order valence-electron chi connectivity index (χ1n) is 8.75. The molecule has 6 nitrogen and oxygen atoms in total. The fourth-order valence-electron chi connectivity index (χ4n) is 3.44. The van der Waals surface area contributed by atoms with Gasteiger partial charge in [-0.1, -0.05) is 11.6 Å². The lowest BCUT2D eigenvalue weighted by molar-refractivity contribution is -0.134. The number of aryl methyl sites for hydroxylation is 1. The van der Waals surface area contributed by atoms with Gasteiger partial charge < -0.3 is 10.6 Å². The molecule has 26 heavy (non-hydrogen) atoms. The topological polar surface area (TPSA) is 81.2 Å². The number of carbonyl (C=O) groups excluding carboxylic acids is 2. The second-order valence-electron chi connectivity index (χ2n) is 6.77. The lowest BCUT2D eigenvalue weighted by Gasteiger charge is -2.30. The maximum absolute atomic E-state index is 12.7. The smallest absolute Gasteiger partial charge is 0.227 e. The Morgan fingerprint density at radius 3 is 2.38 bits per heavy atom. The van der Waals surface area contributed by atoms with Crippen LogP contribution in [0.25, 0.3) is 5.69 Å². The van der Waals surface area contributed by atoms with Crippen LogP contribution in [0.15, 0.2) is 24.3 Å². The van der Waals surface area contributed by atoms with Crippen molar-refractivity contribution in [2.24, 2.45) is 11.7 Å². The van der Waals surface area contributed by atoms with E-state index in [4.69, 9.17) is 17.3 Å². The van der Waals surface area contributed by atoms with E-state index in [9.17, 15) is 9.59 Å². The fraction of sp³-hybridized carbons (Fsp3) is 0.421. The fourth-order valence-corrected chi connectivity index (χ4v) is 3.57. The van der Waals surface area contributed by atoms with Gasteiger partial charge >= 0.3 is 0 Å². The van der Waals surface area contributed by atoms with Crippen LogP contribution in [0.3, 0.4) is 0 Å². The van der Waals surface area contributed by atoms with Gasteiger partial charge in [0, 0.05) is 35.3 Å². The normalized spacial score (nSPS) is 15.3. The van der Waals surface area contributed by atoms with Gasteiger partial charge in [-0.2, -0.15) is 5.10 Å². The second-order valence-corrected chi connectivity index (χ2v) is 7.21. The van der Waals surface area contributed by atoms with E-state index in [1.165, 1.54) is 0 Å². The van der Waals surface area contributed by atoms with E-state index in [0.29, 0.717) is 37.4 Å². The summed E-state index contributed by atoms with van der Waals surface area (Å²) >= 11 is 5.95. The van der Waals surface area contributed by atoms with E-state index in [1.807, 2.05) is 47.7 Å². The Hall–Kier alpha value is -2.34. The first-order valence-corrected chi connectivity index (χ1v) is 9.12. The molecule has 7 heteroatoms. The average Bonchev–Trinajstić information content (AvgIpc) is 2.90. The minimum atomic E-state index is -0.270. The molecule has 1 saturated heterocycles. The third kappa shape index (κ3) is 3.75. The summed E-state index contributed by atoms with van der Waals surface area (Å²) in [6.07, 6.45) is 1.60. The average molecular weight is 375 g/mol. The van der Waals surface area contributed by atoms with Crippen molar-refractivity contribution in [3.05, 3.63) is 46.2 Å². The Morgan fingerprint density at radius 2 is 1.81 bits per heavy atom. The molecule has 0 radical (unpaired) electrons. The Morgan fingerprint density at radius 1 is 1.19 bits per heavy atom. The summed E-state index contributed by atoms with van der Waals surface area (Å²) in [5.74, 6) is -0.321. The van der Waals surface area contributed by atoms with Gasteiger partial charge in [-0.3, -0.25) is 9.59 Å². The second kappa shape index (κ2) is 7.50. The molecule has 2 amide bonds. The Bertz CT molecular complexity index is 821. The number of piperidine rings is 1. The summed E-state index contributed by atoms with van der Waals surface area (Å²) in [5.41, 5.74) is 9.01. The molecule has 1 aromatic carbocycles. The van der Waals surface area contributed by atoms with E-state index >= 15 is 0 Å². The highest BCUT2D eigenvalue weighted by Crippen LogP contribution is 2.22. The summed E-state index contributed by atoms with van der Waals surface area (Å²) in [6.45, 7) is 5.05. The van der Waals surface area contributed by atoms with Gasteiger partial charge in [-0.15, -0.1) is 0 Å². The van der Waals surface area contributed by atoms with Crippen molar-refractivity contribution < 1.29 is 9.59 Å². The Kier molecular flexibility index (Phi) is 5.32. The van der Waals surface area contributed by atoms with Crippen molar-refractivity contribution in [2.75, 3.05) is 13.1 Å². The van der Waals surface area contributed by atoms with Gasteiger partial charge in [0.25, 0.3) is 0 Å². The summed E-state index contributed by atoms with van der Waals surface area (Å²) in [4.78, 5) is 25.8. The molecule has 138 valence electrons. The molecule has 0 aliphatic carbocycles. The molecule has 0 saturated carbocycles. The highest BCUT2D eigenvalue weighted by Gasteiger charge is 2.27. The van der Waals surface area contributed by atoms with Crippen molar-refractivity contribution in [3.8, 4) is 5.69 Å². The highest BCUT2D eigenvalue weighted by molar-refractivity contribution is 6.30. The molecule has 1 aromatic heterocycles. The van der Waals surface area contributed by atoms with Crippen molar-refractivity contribution in [1.29, 1.82) is 0 Å². The van der Waals surface area contributed by atoms with E-state index in [1.54, 1.807) is 0 Å². The molecule has 2 N–H and O–H groups in total. The number of nitrogens with two attached hydrogens (primary N) is 1. The largest absolute Gasteiger partial charge is 0.369 e. The van der Waals surface area contributed by atoms with Crippen molar-refractivity contribution in [3.63, 3.8) is 0 Å². The molecule has 3 rings (SSSR count). The Labute approximate surface area is 157 Å². The number of carbonyl (C=O) groups is 2. The van der Waals surface area contributed by atoms with Gasteiger partial charge in [-0.05, 0) is 51.0 Å². The number of halogens is 1. The van der Waals surface area contributed by atoms with Gasteiger partial charge in [-0.25, -0.2) is 4.68 Å². The number of primary amides is 1. The first kappa shape index (κ1) is 18.5. The standard InChI is InChI=1S/C19H23ClN4O2/c1-12-17(11-18(25)23-9-7-14(8-10-23)19(21)26)13(2)24(22-12)16-5-3-15(20)4-6-16/h3-6,14H,7-11H2,1-2H3,(H2,21,26). The molecule has 1 fully saturated rings. The van der Waals surface area contributed by atoms with E-state index in [0.717, 1.165) is 22.6 Å². The molecular weight excluding hydrogens is 352 g/mol. The molecule has 0 spiro atoms. The number of rotatable bonds is 4. The zero-order valence-electron chi connectivity index (χ0n) is 15.0. The SMILES string of the molecule is Cc1nn(-c2ccc(Cl)cc2)c(C)c1CC(=O)N1CCC(C(N)=O)CC1. The molecule has 1 aliphatic heterocycles. The monoisotopic (exact) mass is 374 g/mol. The van der Waals surface area contributed by atoms with Gasteiger partial charge in [0.05, 0.1) is 17.8 Å². The first-order chi connectivity index (χ1) is 12.4. The van der Waals surface area contributed by atoms with Gasteiger partial charge in [0.2, 0.25) is 11.8 Å². The van der Waals surface area contributed by atoms with Crippen LogP contribution in [0.1, 0.15) is 29.8 Å². The maximum Gasteiger partial charge on any atom is 0.227 e. The molecule has 2 aromatic rings. The van der Waals surface area contributed by atoms with Crippen LogP contribution in [-0.2, 0) is 16.0 Å². The van der Waals surface area contributed by atoms with Crippen molar-refractivity contribution in [2.45, 2.75) is 33.1 Å². The summed E-state index contributed by atoms with van der Waals surface area (Å²) in [6, 6.07) is 7.45. The van der Waals surface area contributed by atoms with Crippen LogP contribution in [0.2, 0.25) is 5.02 Å². The Balaban J connectivity index is 1.73. The minimum absolute atomic E-state index is 0.0646. The van der Waals surface area contributed by atoms with Crippen LogP contribution >= 0.6 is 11.6 Å². The molecule has 1 aliphatic rings. The number of benzene rings is 1. The number of aromatic nitrogens is 2. The van der Waals surface area contributed by atoms with Crippen LogP contribution in [-0.4, -0.2) is 39.6 Å². The van der Waals surface area contributed by atoms with Crippen molar-refractivity contribution in [1.82, 2.24) is 14.7 Å². The number of hydrogen-bond donors (Lipinski definition) is 1. The zero-order valence-corrected chi connectivity index (χ0v) is 15.8. The van der Waals surface area contributed by atoms with E-state index in [-0.39, 0.29) is 17.7 Å². The maximum atomic E-state index is 12.7. The molecule has 0 bridgehead atoms. The molecular formula is C19H23ClN4O2. The van der Waals surface area contributed by atoms with Crippen LogP contribution in [0.4, 0.5) is 0 Å².